The number of ether oxygens (including phenoxy) is 1. The first-order valence-corrected chi connectivity index (χ1v) is 12.5. The number of benzene rings is 1. The molecule has 2 unspecified atom stereocenters. The summed E-state index contributed by atoms with van der Waals surface area (Å²) in [5, 5.41) is 9.53. The average Bonchev–Trinajstić information content (AvgIpc) is 3.36. The van der Waals surface area contributed by atoms with Crippen LogP contribution < -0.4 is 5.73 Å². The molecule has 6 atom stereocenters. The fourth-order valence-corrected chi connectivity index (χ4v) is 6.50. The molecule has 2 bridgehead atoms. The molecule has 2 N–H and O–H groups in total. The molecule has 1 aromatic carbocycles. The van der Waals surface area contributed by atoms with Gasteiger partial charge in [0, 0.05) is 30.0 Å². The number of nitrogens with two attached hydrogens (primary N) is 1. The van der Waals surface area contributed by atoms with Gasteiger partial charge in [-0.3, -0.25) is 14.5 Å². The maximum atomic E-state index is 13.5. The molecule has 1 saturated carbocycles. The monoisotopic (exact) mass is 558 g/mol. The topological polar surface area (TPSA) is 117 Å². The van der Waals surface area contributed by atoms with Crippen LogP contribution in [0.4, 0.5) is 26.3 Å². The van der Waals surface area contributed by atoms with Crippen molar-refractivity contribution in [2.45, 2.75) is 80.8 Å². The third-order valence-corrected chi connectivity index (χ3v) is 8.39. The van der Waals surface area contributed by atoms with Crippen LogP contribution >= 0.6 is 0 Å². The van der Waals surface area contributed by atoms with Gasteiger partial charge < -0.3 is 15.4 Å². The lowest BCUT2D eigenvalue weighted by Crippen LogP contribution is -2.58. The van der Waals surface area contributed by atoms with Crippen LogP contribution in [0.15, 0.2) is 24.3 Å². The molecule has 1 aromatic rings. The van der Waals surface area contributed by atoms with E-state index >= 15 is 0 Å². The molecular weight excluding hydrogens is 534 g/mol. The van der Waals surface area contributed by atoms with Crippen LogP contribution in [0.25, 0.3) is 0 Å². The van der Waals surface area contributed by atoms with E-state index in [1.54, 1.807) is 4.90 Å². The predicted molar refractivity (Wildman–Crippen MR) is 119 cm³/mol. The Bertz CT molecular complexity index is 1210. The smallest absolute Gasteiger partial charge is 0.432 e. The second-order valence-corrected chi connectivity index (χ2v) is 10.7. The third kappa shape index (κ3) is 4.60. The average molecular weight is 558 g/mol. The van der Waals surface area contributed by atoms with Crippen molar-refractivity contribution in [3.63, 3.8) is 0 Å². The highest BCUT2D eigenvalue weighted by molar-refractivity contribution is 5.95. The van der Waals surface area contributed by atoms with Gasteiger partial charge in [-0.05, 0) is 62.3 Å². The fraction of sp³-hybridized carbons (Fsp3) is 0.600. The minimum absolute atomic E-state index is 0.0171. The zero-order chi connectivity index (χ0) is 28.5. The lowest BCUT2D eigenvalue weighted by molar-refractivity contribution is -0.217. The Morgan fingerprint density at radius 3 is 2.13 bits per heavy atom. The van der Waals surface area contributed by atoms with Crippen molar-refractivity contribution in [1.29, 1.82) is 5.26 Å². The molecule has 0 spiro atoms. The summed E-state index contributed by atoms with van der Waals surface area (Å²) < 4.78 is 82.1. The predicted octanol–water partition coefficient (Wildman–Crippen LogP) is 3.36. The Labute approximate surface area is 218 Å². The molecule has 2 amide bonds. The SMILES string of the molecule is N#C[C@@H]1C[C@@H]2C[C@@]2(OC(=O)C(F)(F)F)N1C(=O)[C@@H](N)C1CC2CCC(C1)N2C(=O)c1ccc(C(F)(F)F)cc1. The van der Waals surface area contributed by atoms with Gasteiger partial charge in [-0.25, -0.2) is 4.79 Å². The first-order chi connectivity index (χ1) is 18.2. The molecule has 3 saturated heterocycles. The summed E-state index contributed by atoms with van der Waals surface area (Å²) in [6, 6.07) is 2.82. The number of esters is 1. The van der Waals surface area contributed by atoms with Crippen molar-refractivity contribution in [1.82, 2.24) is 9.80 Å². The van der Waals surface area contributed by atoms with E-state index in [9.17, 15) is 46.0 Å². The number of nitrogens with zero attached hydrogens (tertiary/aromatic N) is 3. The Hall–Kier alpha value is -3.34. The quantitative estimate of drug-likeness (QED) is 0.448. The number of rotatable bonds is 4. The van der Waals surface area contributed by atoms with Crippen LogP contribution in [0.3, 0.4) is 0 Å². The maximum absolute atomic E-state index is 13.5. The number of hydrogen-bond acceptors (Lipinski definition) is 6. The van der Waals surface area contributed by atoms with E-state index in [0.717, 1.165) is 29.2 Å². The van der Waals surface area contributed by atoms with Gasteiger partial charge in [0.2, 0.25) is 5.91 Å². The number of hydrogen-bond donors (Lipinski definition) is 1. The van der Waals surface area contributed by atoms with Crippen LogP contribution in [-0.4, -0.2) is 63.7 Å². The molecule has 39 heavy (non-hydrogen) atoms. The van der Waals surface area contributed by atoms with E-state index in [4.69, 9.17) is 10.5 Å². The summed E-state index contributed by atoms with van der Waals surface area (Å²) in [7, 11) is 0. The van der Waals surface area contributed by atoms with E-state index in [0.29, 0.717) is 25.7 Å². The van der Waals surface area contributed by atoms with Gasteiger partial charge in [-0.15, -0.1) is 0 Å². The molecule has 4 fully saturated rings. The number of carbonyl (C=O) groups is 3. The van der Waals surface area contributed by atoms with Crippen LogP contribution in [0.5, 0.6) is 0 Å². The molecule has 3 aliphatic heterocycles. The highest BCUT2D eigenvalue weighted by Gasteiger charge is 2.72. The Kier molecular flexibility index (Phi) is 6.36. The van der Waals surface area contributed by atoms with Gasteiger partial charge in [-0.2, -0.15) is 31.6 Å². The summed E-state index contributed by atoms with van der Waals surface area (Å²) in [6.45, 7) is 0. The summed E-state index contributed by atoms with van der Waals surface area (Å²) in [5.41, 5.74) is 3.69. The molecule has 8 nitrogen and oxygen atoms in total. The number of carbonyl (C=O) groups excluding carboxylic acids is 3. The molecular formula is C25H24F6N4O4. The molecule has 0 radical (unpaired) electrons. The standard InChI is InChI=1S/C25H24F6N4O4/c26-24(27,28)14-3-1-12(2-4-14)20(36)34-16-5-6-17(34)8-13(7-16)19(33)21(37)35-18(11-32)9-15-10-23(15,35)39-22(38)25(29,30)31/h1-4,13,15-19H,5-10,33H2/t13?,15-,16?,17?,18+,19+,23+/m1/s1. The number of halogens is 6. The van der Waals surface area contributed by atoms with E-state index < -0.39 is 65.3 Å². The van der Waals surface area contributed by atoms with E-state index in [-0.39, 0.29) is 30.5 Å². The van der Waals surface area contributed by atoms with Crippen LogP contribution in [-0.2, 0) is 20.5 Å². The highest BCUT2D eigenvalue weighted by atomic mass is 19.4. The summed E-state index contributed by atoms with van der Waals surface area (Å²) in [6.07, 6.45) is -8.00. The number of nitriles is 1. The molecule has 210 valence electrons. The van der Waals surface area contributed by atoms with Crippen LogP contribution in [0.1, 0.15) is 54.4 Å². The van der Waals surface area contributed by atoms with Crippen molar-refractivity contribution in [3.8, 4) is 6.07 Å². The van der Waals surface area contributed by atoms with Gasteiger partial charge in [-0.1, -0.05) is 0 Å². The number of fused-ring (bicyclic) bond motifs is 3. The van der Waals surface area contributed by atoms with Crippen LogP contribution in [0, 0.1) is 23.2 Å². The second-order valence-electron chi connectivity index (χ2n) is 10.7. The van der Waals surface area contributed by atoms with Crippen molar-refractivity contribution in [3.05, 3.63) is 35.4 Å². The molecule has 1 aliphatic carbocycles. The Morgan fingerprint density at radius 2 is 1.62 bits per heavy atom. The van der Waals surface area contributed by atoms with Gasteiger partial charge in [0.05, 0.1) is 17.7 Å². The number of amides is 2. The molecule has 0 aromatic heterocycles. The second kappa shape index (κ2) is 9.11. The van der Waals surface area contributed by atoms with Crippen molar-refractivity contribution in [2.75, 3.05) is 0 Å². The van der Waals surface area contributed by atoms with E-state index in [1.165, 1.54) is 0 Å². The number of alkyl halides is 6. The maximum Gasteiger partial charge on any atom is 0.491 e. The summed E-state index contributed by atoms with van der Waals surface area (Å²) in [4.78, 5) is 40.7. The highest BCUT2D eigenvalue weighted by Crippen LogP contribution is 2.59. The van der Waals surface area contributed by atoms with Gasteiger partial charge in [0.15, 0.2) is 5.72 Å². The molecule has 4 aliphatic rings. The lowest BCUT2D eigenvalue weighted by atomic mass is 9.84. The Balaban J connectivity index is 1.29. The van der Waals surface area contributed by atoms with Gasteiger partial charge >= 0.3 is 18.3 Å². The molecule has 3 heterocycles. The lowest BCUT2D eigenvalue weighted by Gasteiger charge is -2.42. The molecule has 5 rings (SSSR count). The van der Waals surface area contributed by atoms with E-state index in [2.05, 4.69) is 0 Å². The van der Waals surface area contributed by atoms with Crippen molar-refractivity contribution < 1.29 is 45.5 Å². The summed E-state index contributed by atoms with van der Waals surface area (Å²) >= 11 is 0. The minimum atomic E-state index is -5.27. The van der Waals surface area contributed by atoms with Gasteiger partial charge in [0.1, 0.15) is 6.04 Å². The third-order valence-electron chi connectivity index (χ3n) is 8.39. The van der Waals surface area contributed by atoms with Gasteiger partial charge in [0.25, 0.3) is 5.91 Å². The number of piperidine rings is 2. The minimum Gasteiger partial charge on any atom is -0.432 e. The first kappa shape index (κ1) is 27.2. The van der Waals surface area contributed by atoms with E-state index in [1.807, 2.05) is 6.07 Å². The number of likely N-dealkylation sites (tertiary alicyclic amines) is 1. The fourth-order valence-electron chi connectivity index (χ4n) is 6.50. The first-order valence-electron chi connectivity index (χ1n) is 12.5. The zero-order valence-corrected chi connectivity index (χ0v) is 20.3. The van der Waals surface area contributed by atoms with Crippen molar-refractivity contribution in [2.24, 2.45) is 17.6 Å². The largest absolute Gasteiger partial charge is 0.491 e. The summed E-state index contributed by atoms with van der Waals surface area (Å²) in [5.74, 6) is -4.73. The zero-order valence-electron chi connectivity index (χ0n) is 20.3. The van der Waals surface area contributed by atoms with Crippen molar-refractivity contribution >= 4 is 17.8 Å². The Morgan fingerprint density at radius 1 is 1.03 bits per heavy atom. The molecule has 14 heteroatoms. The normalized spacial score (nSPS) is 32.3. The van der Waals surface area contributed by atoms with Crippen LogP contribution in [0.2, 0.25) is 0 Å².